The summed E-state index contributed by atoms with van der Waals surface area (Å²) in [6.45, 7) is 4.65. The average molecular weight is 266 g/mol. The molecule has 0 aliphatic rings. The van der Waals surface area contributed by atoms with Crippen LogP contribution in [0.5, 0.6) is 0 Å². The zero-order valence-corrected chi connectivity index (χ0v) is 12.0. The van der Waals surface area contributed by atoms with Gasteiger partial charge >= 0.3 is 0 Å². The van der Waals surface area contributed by atoms with Gasteiger partial charge < -0.3 is 15.4 Å². The van der Waals surface area contributed by atoms with E-state index < -0.39 is 10.8 Å². The van der Waals surface area contributed by atoms with Gasteiger partial charge in [0.05, 0.1) is 6.61 Å². The molecule has 3 unspecified atom stereocenters. The van der Waals surface area contributed by atoms with Crippen molar-refractivity contribution in [3.63, 3.8) is 0 Å². The molecule has 0 amide bonds. The lowest BCUT2D eigenvalue weighted by Crippen LogP contribution is -2.45. The maximum Gasteiger partial charge on any atom is 0.166 e. The highest BCUT2D eigenvalue weighted by molar-refractivity contribution is 7.84. The fourth-order valence-electron chi connectivity index (χ4n) is 1.20. The van der Waals surface area contributed by atoms with Gasteiger partial charge in [0, 0.05) is 42.0 Å². The van der Waals surface area contributed by atoms with Crippen LogP contribution in [0.4, 0.5) is 0 Å². The molecule has 2 N–H and O–H groups in total. The molecule has 6 heteroatoms. The Bertz CT molecular complexity index is 237. The zero-order chi connectivity index (χ0) is 12.6. The summed E-state index contributed by atoms with van der Waals surface area (Å²) in [7, 11) is 0.922. The zero-order valence-electron chi connectivity index (χ0n) is 10.4. The molecule has 0 aromatic heterocycles. The highest BCUT2D eigenvalue weighted by Gasteiger charge is 2.07. The lowest BCUT2D eigenvalue weighted by atomic mass is 10.3. The highest BCUT2D eigenvalue weighted by atomic mass is 32.2. The van der Waals surface area contributed by atoms with Crippen molar-refractivity contribution in [3.8, 4) is 0 Å². The van der Waals surface area contributed by atoms with Crippen LogP contribution in [-0.4, -0.2) is 47.1 Å². The number of thiocarbonyl (C=S) groups is 1. The number of nitrogens with one attached hydrogen (secondary N) is 2. The number of hydrogen-bond donors (Lipinski definition) is 2. The van der Waals surface area contributed by atoms with E-state index in [0.29, 0.717) is 17.5 Å². The van der Waals surface area contributed by atoms with Gasteiger partial charge in [0.15, 0.2) is 5.11 Å². The first-order chi connectivity index (χ1) is 7.45. The number of ether oxygens (including phenoxy) is 1. The van der Waals surface area contributed by atoms with E-state index in [1.807, 2.05) is 13.8 Å². The van der Waals surface area contributed by atoms with Crippen molar-refractivity contribution in [2.45, 2.75) is 32.4 Å². The molecule has 0 spiro atoms. The molecular formula is C10H22N2O2S2. The molecule has 0 fully saturated rings. The summed E-state index contributed by atoms with van der Waals surface area (Å²) in [4.78, 5) is 0. The Labute approximate surface area is 106 Å². The van der Waals surface area contributed by atoms with E-state index in [4.69, 9.17) is 17.0 Å². The Morgan fingerprint density at radius 3 is 2.44 bits per heavy atom. The molecule has 0 heterocycles. The van der Waals surface area contributed by atoms with Crippen molar-refractivity contribution in [2.75, 3.05) is 25.7 Å². The minimum absolute atomic E-state index is 0.192. The van der Waals surface area contributed by atoms with Gasteiger partial charge in [0.1, 0.15) is 0 Å². The summed E-state index contributed by atoms with van der Waals surface area (Å²) in [5, 5.41) is 6.90. The van der Waals surface area contributed by atoms with Crippen molar-refractivity contribution in [1.82, 2.24) is 10.6 Å². The summed E-state index contributed by atoms with van der Waals surface area (Å²) in [6, 6.07) is 0.427. The van der Waals surface area contributed by atoms with Gasteiger partial charge in [0.2, 0.25) is 0 Å². The van der Waals surface area contributed by atoms with Gasteiger partial charge in [-0.3, -0.25) is 4.21 Å². The molecule has 16 heavy (non-hydrogen) atoms. The standard InChI is InChI=1S/C10H22N2O2S2/c1-8(5-6-16(4)13)11-10(15)12-9(2)7-14-3/h8-9H,5-7H2,1-4H3,(H2,11,12,15). The Morgan fingerprint density at radius 1 is 1.38 bits per heavy atom. The highest BCUT2D eigenvalue weighted by Crippen LogP contribution is 1.93. The van der Waals surface area contributed by atoms with E-state index in [1.165, 1.54) is 0 Å². The first-order valence-corrected chi connectivity index (χ1v) is 7.45. The second-order valence-corrected chi connectivity index (χ2v) is 5.90. The van der Waals surface area contributed by atoms with Crippen molar-refractivity contribution < 1.29 is 8.95 Å². The van der Waals surface area contributed by atoms with Crippen LogP contribution in [0.2, 0.25) is 0 Å². The molecule has 3 atom stereocenters. The van der Waals surface area contributed by atoms with Crippen molar-refractivity contribution in [2.24, 2.45) is 0 Å². The molecule has 0 aromatic carbocycles. The predicted octanol–water partition coefficient (Wildman–Crippen LogP) is 0.642. The maximum absolute atomic E-state index is 10.9. The third-order valence-electron chi connectivity index (χ3n) is 2.01. The first-order valence-electron chi connectivity index (χ1n) is 5.31. The molecule has 0 rings (SSSR count). The molecule has 0 radical (unpaired) electrons. The van der Waals surface area contributed by atoms with E-state index in [1.54, 1.807) is 13.4 Å². The van der Waals surface area contributed by atoms with Gasteiger partial charge in [-0.1, -0.05) is 0 Å². The molecule has 0 aromatic rings. The number of hydrogen-bond acceptors (Lipinski definition) is 3. The van der Waals surface area contributed by atoms with Gasteiger partial charge in [-0.15, -0.1) is 0 Å². The summed E-state index contributed by atoms with van der Waals surface area (Å²) in [5.74, 6) is 0.699. The SMILES string of the molecule is COCC(C)NC(=S)NC(C)CCS(C)=O. The normalized spacial score (nSPS) is 16.2. The van der Waals surface area contributed by atoms with E-state index in [9.17, 15) is 4.21 Å². The smallest absolute Gasteiger partial charge is 0.166 e. The Kier molecular flexibility index (Phi) is 8.78. The second-order valence-electron chi connectivity index (χ2n) is 3.94. The van der Waals surface area contributed by atoms with Crippen LogP contribution in [0.15, 0.2) is 0 Å². The average Bonchev–Trinajstić information content (AvgIpc) is 2.14. The van der Waals surface area contributed by atoms with E-state index in [0.717, 1.165) is 6.42 Å². The Hall–Kier alpha value is -0.200. The molecule has 0 bridgehead atoms. The molecule has 96 valence electrons. The number of rotatable bonds is 7. The summed E-state index contributed by atoms with van der Waals surface area (Å²) in [5.41, 5.74) is 0. The van der Waals surface area contributed by atoms with Gasteiger partial charge in [-0.05, 0) is 32.5 Å². The topological polar surface area (TPSA) is 50.4 Å². The maximum atomic E-state index is 10.9. The van der Waals surface area contributed by atoms with Crippen molar-refractivity contribution in [1.29, 1.82) is 0 Å². The largest absolute Gasteiger partial charge is 0.383 e. The van der Waals surface area contributed by atoms with Crippen LogP contribution < -0.4 is 10.6 Å². The monoisotopic (exact) mass is 266 g/mol. The lowest BCUT2D eigenvalue weighted by molar-refractivity contribution is 0.179. The summed E-state index contributed by atoms with van der Waals surface area (Å²) in [6.07, 6.45) is 2.56. The van der Waals surface area contributed by atoms with Crippen LogP contribution in [0.25, 0.3) is 0 Å². The molecule has 0 aliphatic carbocycles. The molecule has 0 saturated heterocycles. The lowest BCUT2D eigenvalue weighted by Gasteiger charge is -2.19. The van der Waals surface area contributed by atoms with E-state index >= 15 is 0 Å². The van der Waals surface area contributed by atoms with Crippen molar-refractivity contribution >= 4 is 28.1 Å². The van der Waals surface area contributed by atoms with Gasteiger partial charge in [0.25, 0.3) is 0 Å². The molecule has 0 aliphatic heterocycles. The van der Waals surface area contributed by atoms with Gasteiger partial charge in [-0.2, -0.15) is 0 Å². The minimum atomic E-state index is -0.738. The third kappa shape index (κ3) is 9.06. The van der Waals surface area contributed by atoms with Crippen LogP contribution >= 0.6 is 12.2 Å². The van der Waals surface area contributed by atoms with E-state index in [-0.39, 0.29) is 12.1 Å². The van der Waals surface area contributed by atoms with Crippen LogP contribution in [0.3, 0.4) is 0 Å². The summed E-state index contributed by atoms with van der Waals surface area (Å²) >= 11 is 5.15. The first kappa shape index (κ1) is 15.8. The molecular weight excluding hydrogens is 244 g/mol. The number of methoxy groups -OCH3 is 1. The van der Waals surface area contributed by atoms with Gasteiger partial charge in [-0.25, -0.2) is 0 Å². The fraction of sp³-hybridized carbons (Fsp3) is 0.900. The Morgan fingerprint density at radius 2 is 1.94 bits per heavy atom. The molecule has 4 nitrogen and oxygen atoms in total. The fourth-order valence-corrected chi connectivity index (χ4v) is 2.28. The quantitative estimate of drug-likeness (QED) is 0.663. The second kappa shape index (κ2) is 8.90. The van der Waals surface area contributed by atoms with Crippen LogP contribution in [-0.2, 0) is 15.5 Å². The summed E-state index contributed by atoms with van der Waals surface area (Å²) < 4.78 is 15.9. The van der Waals surface area contributed by atoms with Crippen molar-refractivity contribution in [3.05, 3.63) is 0 Å². The molecule has 0 saturated carbocycles. The Balaban J connectivity index is 3.73. The van der Waals surface area contributed by atoms with Crippen LogP contribution in [0, 0.1) is 0 Å². The predicted molar refractivity (Wildman–Crippen MR) is 73.2 cm³/mol. The van der Waals surface area contributed by atoms with Crippen LogP contribution in [0.1, 0.15) is 20.3 Å². The van der Waals surface area contributed by atoms with E-state index in [2.05, 4.69) is 10.6 Å². The third-order valence-corrected chi connectivity index (χ3v) is 3.06. The minimum Gasteiger partial charge on any atom is -0.383 e.